The normalized spacial score (nSPS) is 14.9. The molecule has 17 heavy (non-hydrogen) atoms. The summed E-state index contributed by atoms with van der Waals surface area (Å²) in [6, 6.07) is 9.89. The van der Waals surface area contributed by atoms with Crippen molar-refractivity contribution in [3.05, 3.63) is 42.0 Å². The van der Waals surface area contributed by atoms with Crippen LogP contribution in [0.3, 0.4) is 0 Å². The van der Waals surface area contributed by atoms with Gasteiger partial charge in [0.05, 0.1) is 5.69 Å². The largest absolute Gasteiger partial charge is 0.279 e. The van der Waals surface area contributed by atoms with E-state index in [1.165, 1.54) is 31.3 Å². The van der Waals surface area contributed by atoms with Gasteiger partial charge in [-0.2, -0.15) is 5.26 Å². The smallest absolute Gasteiger partial charge is 0.184 e. The van der Waals surface area contributed by atoms with Gasteiger partial charge in [0.1, 0.15) is 0 Å². The molecule has 0 aromatic heterocycles. The predicted octanol–water partition coefficient (Wildman–Crippen LogP) is 3.86. The molecule has 0 unspecified atom stereocenters. The van der Waals surface area contributed by atoms with Crippen LogP contribution in [-0.4, -0.2) is 6.54 Å². The van der Waals surface area contributed by atoms with Crippen LogP contribution in [0.4, 0.5) is 5.69 Å². The molecule has 88 valence electrons. The molecule has 0 saturated heterocycles. The number of hydrogen-bond donors (Lipinski definition) is 0. The lowest BCUT2D eigenvalue weighted by molar-refractivity contribution is 0.674. The molecule has 0 spiro atoms. The van der Waals surface area contributed by atoms with Crippen molar-refractivity contribution >= 4 is 5.69 Å². The van der Waals surface area contributed by atoms with Crippen molar-refractivity contribution in [1.29, 1.82) is 5.26 Å². The highest BCUT2D eigenvalue weighted by Crippen LogP contribution is 2.21. The lowest BCUT2D eigenvalue weighted by Crippen LogP contribution is -2.18. The topological polar surface area (TPSA) is 27.0 Å². The summed E-state index contributed by atoms with van der Waals surface area (Å²) >= 11 is 0. The number of hydrogen-bond acceptors (Lipinski definition) is 2. The highest BCUT2D eigenvalue weighted by molar-refractivity contribution is 5.49. The Kier molecular flexibility index (Phi) is 4.21. The van der Waals surface area contributed by atoms with Crippen molar-refractivity contribution in [2.45, 2.75) is 32.1 Å². The quantitative estimate of drug-likeness (QED) is 0.443. The van der Waals surface area contributed by atoms with Crippen LogP contribution in [0, 0.1) is 11.5 Å². The maximum Gasteiger partial charge on any atom is 0.184 e. The maximum absolute atomic E-state index is 9.17. The van der Waals surface area contributed by atoms with Gasteiger partial charge in [-0.3, -0.25) is 4.90 Å². The van der Waals surface area contributed by atoms with Gasteiger partial charge in [0.2, 0.25) is 0 Å². The van der Waals surface area contributed by atoms with Crippen molar-refractivity contribution < 1.29 is 0 Å². The minimum atomic E-state index is 0.798. The van der Waals surface area contributed by atoms with Crippen molar-refractivity contribution in [1.82, 2.24) is 0 Å². The van der Waals surface area contributed by atoms with E-state index in [0.29, 0.717) is 0 Å². The van der Waals surface area contributed by atoms with Crippen LogP contribution in [0.1, 0.15) is 32.1 Å². The number of benzene rings is 1. The van der Waals surface area contributed by atoms with Crippen LogP contribution in [-0.2, 0) is 0 Å². The Hall–Kier alpha value is -1.75. The van der Waals surface area contributed by atoms with E-state index >= 15 is 0 Å². The highest BCUT2D eigenvalue weighted by atomic mass is 15.1. The fraction of sp³-hybridized carbons (Fsp3) is 0.400. The molecule has 0 saturated carbocycles. The first-order valence-electron chi connectivity index (χ1n) is 6.30. The first kappa shape index (κ1) is 11.7. The molecule has 1 aliphatic rings. The van der Waals surface area contributed by atoms with E-state index < -0.39 is 0 Å². The number of anilines is 1. The van der Waals surface area contributed by atoms with Gasteiger partial charge in [0, 0.05) is 6.54 Å². The molecular formula is C15H18N2. The molecule has 0 N–H and O–H groups in total. The van der Waals surface area contributed by atoms with E-state index in [-0.39, 0.29) is 0 Å². The number of nitriles is 1. The summed E-state index contributed by atoms with van der Waals surface area (Å²) in [6.07, 6.45) is 10.7. The molecule has 0 bridgehead atoms. The Balaban J connectivity index is 1.93. The summed E-state index contributed by atoms with van der Waals surface area (Å²) in [4.78, 5) is 1.77. The molecular weight excluding hydrogens is 208 g/mol. The van der Waals surface area contributed by atoms with E-state index in [9.17, 15) is 0 Å². The molecule has 0 amide bonds. The van der Waals surface area contributed by atoms with Crippen molar-refractivity contribution in [2.24, 2.45) is 0 Å². The third kappa shape index (κ3) is 3.35. The second-order valence-corrected chi connectivity index (χ2v) is 4.45. The summed E-state index contributed by atoms with van der Waals surface area (Å²) in [7, 11) is 0. The third-order valence-corrected chi connectivity index (χ3v) is 3.23. The zero-order valence-corrected chi connectivity index (χ0v) is 10.1. The highest BCUT2D eigenvalue weighted by Gasteiger charge is 2.08. The van der Waals surface area contributed by atoms with Gasteiger partial charge in [-0.05, 0) is 44.2 Å². The standard InChI is InChI=1S/C15H18N2/c16-13-17(15-9-5-2-6-10-15)12-11-14-7-3-1-4-8-14/h2,5-7,9-10H,1,3-4,8,11-12H2. The summed E-state index contributed by atoms with van der Waals surface area (Å²) in [5.74, 6) is 0. The number of nitrogens with zero attached hydrogens (tertiary/aromatic N) is 2. The van der Waals surface area contributed by atoms with Crippen LogP contribution in [0.2, 0.25) is 0 Å². The summed E-state index contributed by atoms with van der Waals surface area (Å²) < 4.78 is 0. The van der Waals surface area contributed by atoms with Gasteiger partial charge < -0.3 is 0 Å². The monoisotopic (exact) mass is 226 g/mol. The summed E-state index contributed by atoms with van der Waals surface area (Å²) in [5.41, 5.74) is 2.51. The van der Waals surface area contributed by atoms with Crippen molar-refractivity contribution in [3.63, 3.8) is 0 Å². The molecule has 0 radical (unpaired) electrons. The van der Waals surface area contributed by atoms with Gasteiger partial charge >= 0.3 is 0 Å². The Morgan fingerprint density at radius 1 is 1.18 bits per heavy atom. The summed E-state index contributed by atoms with van der Waals surface area (Å²) in [6.45, 7) is 0.798. The minimum absolute atomic E-state index is 0.798. The van der Waals surface area contributed by atoms with Gasteiger partial charge in [0.15, 0.2) is 6.19 Å². The molecule has 0 heterocycles. The molecule has 0 atom stereocenters. The first-order valence-corrected chi connectivity index (χ1v) is 6.30. The lowest BCUT2D eigenvalue weighted by Gasteiger charge is -2.18. The zero-order chi connectivity index (χ0) is 11.9. The fourth-order valence-corrected chi connectivity index (χ4v) is 2.23. The molecule has 2 rings (SSSR count). The lowest BCUT2D eigenvalue weighted by atomic mass is 9.97. The average molecular weight is 226 g/mol. The van der Waals surface area contributed by atoms with E-state index in [1.54, 1.807) is 4.90 Å². The van der Waals surface area contributed by atoms with Gasteiger partial charge in [-0.25, -0.2) is 0 Å². The molecule has 1 aromatic rings. The molecule has 2 heteroatoms. The third-order valence-electron chi connectivity index (χ3n) is 3.23. The Morgan fingerprint density at radius 2 is 2.00 bits per heavy atom. The molecule has 0 aliphatic heterocycles. The van der Waals surface area contributed by atoms with E-state index in [1.807, 2.05) is 30.3 Å². The maximum atomic E-state index is 9.17. The Labute approximate surface area is 103 Å². The predicted molar refractivity (Wildman–Crippen MR) is 70.6 cm³/mol. The SMILES string of the molecule is N#CN(CCC1=CCCCC1)c1ccccc1. The van der Waals surface area contributed by atoms with Gasteiger partial charge in [-0.15, -0.1) is 0 Å². The summed E-state index contributed by atoms with van der Waals surface area (Å²) in [5, 5.41) is 9.17. The fourth-order valence-electron chi connectivity index (χ4n) is 2.23. The van der Waals surface area contributed by atoms with Gasteiger partial charge in [0.25, 0.3) is 0 Å². The van der Waals surface area contributed by atoms with Gasteiger partial charge in [-0.1, -0.05) is 29.8 Å². The van der Waals surface area contributed by atoms with Crippen LogP contribution >= 0.6 is 0 Å². The number of rotatable bonds is 4. The molecule has 0 fully saturated rings. The molecule has 1 aromatic carbocycles. The van der Waals surface area contributed by atoms with Crippen LogP contribution in [0.5, 0.6) is 0 Å². The van der Waals surface area contributed by atoms with Crippen LogP contribution in [0.25, 0.3) is 0 Å². The first-order chi connectivity index (χ1) is 8.40. The van der Waals surface area contributed by atoms with Crippen LogP contribution in [0.15, 0.2) is 42.0 Å². The Bertz CT molecular complexity index is 414. The van der Waals surface area contributed by atoms with E-state index in [2.05, 4.69) is 12.3 Å². The molecule has 1 aliphatic carbocycles. The van der Waals surface area contributed by atoms with E-state index in [0.717, 1.165) is 18.7 Å². The molecule has 2 nitrogen and oxygen atoms in total. The van der Waals surface area contributed by atoms with E-state index in [4.69, 9.17) is 5.26 Å². The average Bonchev–Trinajstić information content (AvgIpc) is 2.42. The zero-order valence-electron chi connectivity index (χ0n) is 10.1. The second-order valence-electron chi connectivity index (χ2n) is 4.45. The number of allylic oxidation sites excluding steroid dienone is 1. The van der Waals surface area contributed by atoms with Crippen LogP contribution < -0.4 is 4.90 Å². The Morgan fingerprint density at radius 3 is 2.65 bits per heavy atom. The second kappa shape index (κ2) is 6.10. The minimum Gasteiger partial charge on any atom is -0.279 e. The number of para-hydroxylation sites is 1. The van der Waals surface area contributed by atoms with Crippen molar-refractivity contribution in [3.8, 4) is 6.19 Å². The van der Waals surface area contributed by atoms with Crippen molar-refractivity contribution in [2.75, 3.05) is 11.4 Å².